The molecule has 0 radical (unpaired) electrons. The number of H-pyrrole nitrogens is 1. The van der Waals surface area contributed by atoms with Gasteiger partial charge in [-0.1, -0.05) is 11.6 Å². The molecule has 1 N–H and O–H groups in total. The van der Waals surface area contributed by atoms with Crippen LogP contribution in [0.5, 0.6) is 0 Å². The highest BCUT2D eigenvalue weighted by atomic mass is 35.5. The maximum atomic E-state index is 6.11. The summed E-state index contributed by atoms with van der Waals surface area (Å²) in [6.45, 7) is 0. The summed E-state index contributed by atoms with van der Waals surface area (Å²) in [5, 5.41) is 1.72. The van der Waals surface area contributed by atoms with Gasteiger partial charge < -0.3 is 9.55 Å². The van der Waals surface area contributed by atoms with Crippen LogP contribution in [0.2, 0.25) is 5.02 Å². The van der Waals surface area contributed by atoms with Crippen LogP contribution in [0, 0.1) is 0 Å². The van der Waals surface area contributed by atoms with Gasteiger partial charge in [0.1, 0.15) is 0 Å². The van der Waals surface area contributed by atoms with Crippen molar-refractivity contribution in [3.8, 4) is 16.9 Å². The minimum Gasteiger partial charge on any atom is -0.367 e. The Balaban J connectivity index is 2.06. The number of fused-ring (bicyclic) bond motifs is 1. The maximum absolute atomic E-state index is 6.11. The van der Waals surface area contributed by atoms with Gasteiger partial charge in [-0.3, -0.25) is 0 Å². The fourth-order valence-corrected chi connectivity index (χ4v) is 2.60. The highest BCUT2D eigenvalue weighted by Crippen LogP contribution is 2.28. The van der Waals surface area contributed by atoms with E-state index in [4.69, 9.17) is 16.6 Å². The minimum atomic E-state index is 0.679. The van der Waals surface area contributed by atoms with Crippen molar-refractivity contribution < 1.29 is 0 Å². The van der Waals surface area contributed by atoms with Crippen LogP contribution in [0.1, 0.15) is 0 Å². The van der Waals surface area contributed by atoms with E-state index < -0.39 is 0 Å². The molecule has 4 rings (SSSR count). The molecule has 0 atom stereocenters. The lowest BCUT2D eigenvalue weighted by molar-refractivity contribution is 1.06. The van der Waals surface area contributed by atoms with Gasteiger partial charge in [0.25, 0.3) is 0 Å². The Kier molecular flexibility index (Phi) is 2.75. The number of rotatable bonds is 2. The lowest BCUT2D eigenvalue weighted by Gasteiger charge is -2.10. The van der Waals surface area contributed by atoms with Gasteiger partial charge in [0.2, 0.25) is 0 Å². The number of hydrogen-bond acceptors (Lipinski definition) is 2. The van der Waals surface area contributed by atoms with E-state index in [9.17, 15) is 0 Å². The molecule has 0 aliphatic heterocycles. The second kappa shape index (κ2) is 4.75. The van der Waals surface area contributed by atoms with E-state index in [1.165, 1.54) is 0 Å². The molecule has 102 valence electrons. The fraction of sp³-hybridized carbons (Fsp3) is 0. The molecule has 0 spiro atoms. The van der Waals surface area contributed by atoms with Crippen LogP contribution in [0.25, 0.3) is 27.8 Å². The predicted molar refractivity (Wildman–Crippen MR) is 83.7 cm³/mol. The summed E-state index contributed by atoms with van der Waals surface area (Å²) in [4.78, 5) is 11.9. The topological polar surface area (TPSA) is 46.5 Å². The highest BCUT2D eigenvalue weighted by molar-refractivity contribution is 6.31. The van der Waals surface area contributed by atoms with Crippen molar-refractivity contribution in [3.63, 3.8) is 0 Å². The maximum Gasteiger partial charge on any atom is 0.0991 e. The number of benzene rings is 1. The van der Waals surface area contributed by atoms with E-state index >= 15 is 0 Å². The quantitative estimate of drug-likeness (QED) is 0.606. The van der Waals surface area contributed by atoms with Crippen LogP contribution in [-0.2, 0) is 0 Å². The molecule has 4 nitrogen and oxygen atoms in total. The summed E-state index contributed by atoms with van der Waals surface area (Å²) in [5.74, 6) is 0. The summed E-state index contributed by atoms with van der Waals surface area (Å²) in [6, 6.07) is 9.80. The smallest absolute Gasteiger partial charge is 0.0991 e. The van der Waals surface area contributed by atoms with Gasteiger partial charge in [-0.05, 0) is 30.3 Å². The summed E-state index contributed by atoms with van der Waals surface area (Å²) >= 11 is 6.11. The zero-order valence-electron chi connectivity index (χ0n) is 11.0. The number of nitrogens with zero attached hydrogens (tertiary/aromatic N) is 3. The molecule has 0 bridgehead atoms. The molecule has 5 heteroatoms. The van der Waals surface area contributed by atoms with E-state index in [0.29, 0.717) is 5.02 Å². The Morgan fingerprint density at radius 1 is 1.14 bits per heavy atom. The molecule has 21 heavy (non-hydrogen) atoms. The monoisotopic (exact) mass is 294 g/mol. The van der Waals surface area contributed by atoms with Crippen LogP contribution < -0.4 is 0 Å². The summed E-state index contributed by atoms with van der Waals surface area (Å²) in [6.07, 6.45) is 9.28. The molecule has 0 unspecified atom stereocenters. The molecule has 1 aromatic carbocycles. The molecular formula is C16H11ClN4. The number of nitrogens with one attached hydrogen (secondary N) is 1. The summed E-state index contributed by atoms with van der Waals surface area (Å²) < 4.78 is 1.98. The zero-order valence-corrected chi connectivity index (χ0v) is 11.7. The Morgan fingerprint density at radius 3 is 2.86 bits per heavy atom. The van der Waals surface area contributed by atoms with E-state index in [-0.39, 0.29) is 0 Å². The molecule has 0 aliphatic rings. The summed E-state index contributed by atoms with van der Waals surface area (Å²) in [5.41, 5.74) is 3.84. The van der Waals surface area contributed by atoms with Gasteiger partial charge in [-0.15, -0.1) is 0 Å². The van der Waals surface area contributed by atoms with Crippen molar-refractivity contribution in [1.29, 1.82) is 0 Å². The number of aromatic amines is 1. The van der Waals surface area contributed by atoms with Gasteiger partial charge in [-0.2, -0.15) is 0 Å². The van der Waals surface area contributed by atoms with Crippen molar-refractivity contribution in [2.75, 3.05) is 0 Å². The van der Waals surface area contributed by atoms with E-state index in [1.54, 1.807) is 12.5 Å². The lowest BCUT2D eigenvalue weighted by atomic mass is 10.1. The molecule has 0 aliphatic carbocycles. The SMILES string of the molecule is Clc1ccc2c(-n3ccnc3)cc(-c3cc[nH]c3)nc2c1. The van der Waals surface area contributed by atoms with Crippen LogP contribution >= 0.6 is 11.6 Å². The van der Waals surface area contributed by atoms with Crippen molar-refractivity contribution >= 4 is 22.5 Å². The molecule has 4 aromatic rings. The molecule has 3 heterocycles. The van der Waals surface area contributed by atoms with Crippen LogP contribution in [0.15, 0.2) is 61.4 Å². The average molecular weight is 295 g/mol. The largest absolute Gasteiger partial charge is 0.367 e. The molecule has 0 saturated heterocycles. The standard InChI is InChI=1S/C16H11ClN4/c17-12-1-2-13-15(7-12)20-14(11-3-4-18-9-11)8-16(13)21-6-5-19-10-21/h1-10,18H. The molecule has 0 fully saturated rings. The van der Waals surface area contributed by atoms with Gasteiger partial charge >= 0.3 is 0 Å². The van der Waals surface area contributed by atoms with Crippen molar-refractivity contribution in [2.45, 2.75) is 0 Å². The molecular weight excluding hydrogens is 284 g/mol. The first-order valence-corrected chi connectivity index (χ1v) is 6.91. The Labute approximate surface area is 126 Å². The Hall–Kier alpha value is -2.59. The number of aromatic nitrogens is 4. The van der Waals surface area contributed by atoms with Gasteiger partial charge in [0.05, 0.1) is 23.2 Å². The number of hydrogen-bond donors (Lipinski definition) is 1. The second-order valence-electron chi connectivity index (χ2n) is 4.76. The third kappa shape index (κ3) is 2.10. The molecule has 3 aromatic heterocycles. The van der Waals surface area contributed by atoms with E-state index in [2.05, 4.69) is 16.0 Å². The second-order valence-corrected chi connectivity index (χ2v) is 5.19. The summed E-state index contributed by atoms with van der Waals surface area (Å²) in [7, 11) is 0. The van der Waals surface area contributed by atoms with Crippen molar-refractivity contribution in [3.05, 3.63) is 66.5 Å². The fourth-order valence-electron chi connectivity index (χ4n) is 2.43. The zero-order chi connectivity index (χ0) is 14.2. The number of imidazole rings is 1. The third-order valence-corrected chi connectivity index (χ3v) is 3.66. The van der Waals surface area contributed by atoms with Crippen LogP contribution in [-0.4, -0.2) is 19.5 Å². The molecule has 0 amide bonds. The van der Waals surface area contributed by atoms with Gasteiger partial charge in [0, 0.05) is 40.8 Å². The lowest BCUT2D eigenvalue weighted by Crippen LogP contribution is -1.95. The van der Waals surface area contributed by atoms with Gasteiger partial charge in [0.15, 0.2) is 0 Å². The predicted octanol–water partition coefficient (Wildman–Crippen LogP) is 4.07. The van der Waals surface area contributed by atoms with Crippen molar-refractivity contribution in [2.24, 2.45) is 0 Å². The third-order valence-electron chi connectivity index (χ3n) is 3.43. The number of halogens is 1. The highest BCUT2D eigenvalue weighted by Gasteiger charge is 2.09. The average Bonchev–Trinajstić information content (AvgIpc) is 3.19. The van der Waals surface area contributed by atoms with Crippen LogP contribution in [0.4, 0.5) is 0 Å². The van der Waals surface area contributed by atoms with E-state index in [1.807, 2.05) is 47.4 Å². The Morgan fingerprint density at radius 2 is 2.10 bits per heavy atom. The van der Waals surface area contributed by atoms with E-state index in [0.717, 1.165) is 27.8 Å². The number of pyridine rings is 1. The van der Waals surface area contributed by atoms with Gasteiger partial charge in [-0.25, -0.2) is 9.97 Å². The normalized spacial score (nSPS) is 11.1. The van der Waals surface area contributed by atoms with Crippen molar-refractivity contribution in [1.82, 2.24) is 19.5 Å². The minimum absolute atomic E-state index is 0.679. The first-order valence-electron chi connectivity index (χ1n) is 6.53. The van der Waals surface area contributed by atoms with Crippen LogP contribution in [0.3, 0.4) is 0 Å². The Bertz CT molecular complexity index is 896. The first-order chi connectivity index (χ1) is 10.3. The first kappa shape index (κ1) is 12.2. The molecule has 0 saturated carbocycles.